The van der Waals surface area contributed by atoms with Crippen molar-refractivity contribution in [1.82, 2.24) is 4.90 Å². The van der Waals surface area contributed by atoms with Gasteiger partial charge >= 0.3 is 0 Å². The fraction of sp³-hybridized carbons (Fsp3) is 0.192. The first kappa shape index (κ1) is 20.5. The highest BCUT2D eigenvalue weighted by Gasteiger charge is 2.25. The first-order valence-corrected chi connectivity index (χ1v) is 11.1. The van der Waals surface area contributed by atoms with Crippen molar-refractivity contribution in [1.29, 1.82) is 0 Å². The molecule has 160 valence electrons. The van der Waals surface area contributed by atoms with Crippen LogP contribution >= 0.6 is 11.6 Å². The van der Waals surface area contributed by atoms with E-state index in [4.69, 9.17) is 11.6 Å². The van der Waals surface area contributed by atoms with Crippen molar-refractivity contribution in [2.24, 2.45) is 4.99 Å². The quantitative estimate of drug-likeness (QED) is 0.595. The fourth-order valence-electron chi connectivity index (χ4n) is 4.31. The second-order valence-electron chi connectivity index (χ2n) is 8.13. The molecule has 2 heterocycles. The second kappa shape index (κ2) is 8.60. The normalized spacial score (nSPS) is 15.7. The van der Waals surface area contributed by atoms with Crippen molar-refractivity contribution >= 4 is 35.3 Å². The van der Waals surface area contributed by atoms with E-state index in [1.165, 1.54) is 6.21 Å². The standard InChI is InChI=1S/C26H22ClN3O2/c27-20-8-5-17(6-9-20)22-3-1-2-4-24(22)29-21-11-13-30(14-12-21)26(32)18-7-10-23-19(15-18)16-28-25(23)31/h1-10,15-16,21,29H,11-14H2. The van der Waals surface area contributed by atoms with Crippen LogP contribution in [0.2, 0.25) is 5.02 Å². The predicted molar refractivity (Wildman–Crippen MR) is 128 cm³/mol. The molecule has 3 aromatic rings. The molecule has 0 bridgehead atoms. The number of hydrogen-bond donors (Lipinski definition) is 1. The van der Waals surface area contributed by atoms with Crippen LogP contribution in [0.1, 0.15) is 39.1 Å². The number of amides is 2. The van der Waals surface area contributed by atoms with Gasteiger partial charge in [-0.2, -0.15) is 0 Å². The van der Waals surface area contributed by atoms with E-state index in [0.29, 0.717) is 24.2 Å². The highest BCUT2D eigenvalue weighted by atomic mass is 35.5. The first-order chi connectivity index (χ1) is 15.6. The number of nitrogens with zero attached hydrogens (tertiary/aromatic N) is 2. The minimum absolute atomic E-state index is 0.000522. The third-order valence-electron chi connectivity index (χ3n) is 6.07. The van der Waals surface area contributed by atoms with Crippen LogP contribution in [0.3, 0.4) is 0 Å². The lowest BCUT2D eigenvalue weighted by atomic mass is 9.99. The molecule has 0 saturated carbocycles. The van der Waals surface area contributed by atoms with E-state index in [9.17, 15) is 9.59 Å². The molecule has 1 saturated heterocycles. The zero-order valence-electron chi connectivity index (χ0n) is 17.4. The molecule has 1 fully saturated rings. The van der Waals surface area contributed by atoms with Crippen molar-refractivity contribution in [3.8, 4) is 11.1 Å². The molecule has 32 heavy (non-hydrogen) atoms. The van der Waals surface area contributed by atoms with Gasteiger partial charge in [-0.25, -0.2) is 4.99 Å². The van der Waals surface area contributed by atoms with Crippen molar-refractivity contribution in [2.75, 3.05) is 18.4 Å². The Morgan fingerprint density at radius 3 is 2.50 bits per heavy atom. The molecule has 2 aliphatic heterocycles. The maximum absolute atomic E-state index is 13.0. The highest BCUT2D eigenvalue weighted by Crippen LogP contribution is 2.30. The number of hydrogen-bond acceptors (Lipinski definition) is 3. The van der Waals surface area contributed by atoms with Gasteiger partial charge < -0.3 is 10.2 Å². The summed E-state index contributed by atoms with van der Waals surface area (Å²) < 4.78 is 0. The lowest BCUT2D eigenvalue weighted by molar-refractivity contribution is 0.0718. The summed E-state index contributed by atoms with van der Waals surface area (Å²) in [5, 5.41) is 4.40. The summed E-state index contributed by atoms with van der Waals surface area (Å²) in [6.07, 6.45) is 3.26. The SMILES string of the molecule is O=C1N=Cc2cc(C(=O)N3CCC(Nc4ccccc4-c4ccc(Cl)cc4)CC3)ccc21. The number of rotatable bonds is 4. The Labute approximate surface area is 191 Å². The molecule has 2 amide bonds. The highest BCUT2D eigenvalue weighted by molar-refractivity contribution is 6.30. The van der Waals surface area contributed by atoms with Crippen molar-refractivity contribution in [2.45, 2.75) is 18.9 Å². The number of benzene rings is 3. The van der Waals surface area contributed by atoms with Crippen LogP contribution < -0.4 is 5.32 Å². The van der Waals surface area contributed by atoms with Gasteiger partial charge in [-0.15, -0.1) is 0 Å². The Kier molecular flexibility index (Phi) is 5.50. The lowest BCUT2D eigenvalue weighted by Crippen LogP contribution is -2.42. The lowest BCUT2D eigenvalue weighted by Gasteiger charge is -2.33. The molecule has 0 aliphatic carbocycles. The molecular formula is C26H22ClN3O2. The summed E-state index contributed by atoms with van der Waals surface area (Å²) >= 11 is 6.04. The van der Waals surface area contributed by atoms with E-state index >= 15 is 0 Å². The van der Waals surface area contributed by atoms with Crippen LogP contribution in [0.25, 0.3) is 11.1 Å². The van der Waals surface area contributed by atoms with Gasteiger partial charge in [0.1, 0.15) is 0 Å². The number of piperidine rings is 1. The fourth-order valence-corrected chi connectivity index (χ4v) is 4.44. The molecule has 3 aromatic carbocycles. The molecule has 1 N–H and O–H groups in total. The Morgan fingerprint density at radius 1 is 0.969 bits per heavy atom. The van der Waals surface area contributed by atoms with Crippen molar-refractivity contribution in [3.63, 3.8) is 0 Å². The monoisotopic (exact) mass is 443 g/mol. The van der Waals surface area contributed by atoms with Gasteiger partial charge in [-0.3, -0.25) is 9.59 Å². The molecule has 6 heteroatoms. The van der Waals surface area contributed by atoms with Gasteiger partial charge in [0, 0.05) is 52.7 Å². The number of likely N-dealkylation sites (tertiary alicyclic amines) is 1. The average molecular weight is 444 g/mol. The summed E-state index contributed by atoms with van der Waals surface area (Å²) in [6.45, 7) is 1.37. The smallest absolute Gasteiger partial charge is 0.277 e. The van der Waals surface area contributed by atoms with Crippen LogP contribution in [-0.2, 0) is 0 Å². The van der Waals surface area contributed by atoms with Crippen LogP contribution in [0, 0.1) is 0 Å². The summed E-state index contributed by atoms with van der Waals surface area (Å²) in [5.41, 5.74) is 5.22. The Balaban J connectivity index is 1.24. The molecule has 0 atom stereocenters. The van der Waals surface area contributed by atoms with E-state index < -0.39 is 0 Å². The molecular weight excluding hydrogens is 422 g/mol. The van der Waals surface area contributed by atoms with Gasteiger partial charge in [0.05, 0.1) is 5.56 Å². The number of anilines is 1. The first-order valence-electron chi connectivity index (χ1n) is 10.7. The molecule has 0 unspecified atom stereocenters. The molecule has 5 nitrogen and oxygen atoms in total. The van der Waals surface area contributed by atoms with Crippen LogP contribution in [0.4, 0.5) is 5.69 Å². The number of nitrogens with one attached hydrogen (secondary N) is 1. The third kappa shape index (κ3) is 4.04. The zero-order valence-corrected chi connectivity index (χ0v) is 18.2. The molecule has 0 spiro atoms. The zero-order chi connectivity index (χ0) is 22.1. The minimum Gasteiger partial charge on any atom is -0.382 e. The van der Waals surface area contributed by atoms with Gasteiger partial charge in [0.25, 0.3) is 11.8 Å². The van der Waals surface area contributed by atoms with E-state index in [1.807, 2.05) is 41.3 Å². The Bertz CT molecular complexity index is 1210. The van der Waals surface area contributed by atoms with Gasteiger partial charge in [0.2, 0.25) is 0 Å². The summed E-state index contributed by atoms with van der Waals surface area (Å²) in [5.74, 6) is -0.245. The van der Waals surface area contributed by atoms with E-state index in [-0.39, 0.29) is 17.9 Å². The van der Waals surface area contributed by atoms with Crippen LogP contribution in [-0.4, -0.2) is 42.1 Å². The topological polar surface area (TPSA) is 61.8 Å². The van der Waals surface area contributed by atoms with Gasteiger partial charge in [0.15, 0.2) is 0 Å². The Hall–Kier alpha value is -3.44. The third-order valence-corrected chi connectivity index (χ3v) is 6.33. The molecule has 5 rings (SSSR count). The van der Waals surface area contributed by atoms with Gasteiger partial charge in [-0.05, 0) is 54.8 Å². The van der Waals surface area contributed by atoms with E-state index in [0.717, 1.165) is 40.2 Å². The summed E-state index contributed by atoms with van der Waals surface area (Å²) in [6, 6.07) is 21.6. The number of carbonyl (C=O) groups is 2. The number of para-hydroxylation sites is 1. The number of aliphatic imine (C=N–C) groups is 1. The number of fused-ring (bicyclic) bond motifs is 1. The second-order valence-corrected chi connectivity index (χ2v) is 8.57. The summed E-state index contributed by atoms with van der Waals surface area (Å²) in [4.78, 5) is 30.3. The molecule has 0 aromatic heterocycles. The average Bonchev–Trinajstić information content (AvgIpc) is 3.20. The van der Waals surface area contributed by atoms with E-state index in [2.05, 4.69) is 22.4 Å². The predicted octanol–water partition coefficient (Wildman–Crippen LogP) is 5.30. The van der Waals surface area contributed by atoms with E-state index in [1.54, 1.807) is 18.2 Å². The largest absolute Gasteiger partial charge is 0.382 e. The number of carbonyl (C=O) groups excluding carboxylic acids is 2. The van der Waals surface area contributed by atoms with Gasteiger partial charge in [-0.1, -0.05) is 41.9 Å². The van der Waals surface area contributed by atoms with Crippen molar-refractivity contribution in [3.05, 3.63) is 88.4 Å². The molecule has 0 radical (unpaired) electrons. The number of halogens is 1. The van der Waals surface area contributed by atoms with Crippen LogP contribution in [0.15, 0.2) is 71.7 Å². The van der Waals surface area contributed by atoms with Crippen molar-refractivity contribution < 1.29 is 9.59 Å². The minimum atomic E-state index is -0.246. The maximum Gasteiger partial charge on any atom is 0.277 e. The summed E-state index contributed by atoms with van der Waals surface area (Å²) in [7, 11) is 0. The van der Waals surface area contributed by atoms with Crippen LogP contribution in [0.5, 0.6) is 0 Å². The Morgan fingerprint density at radius 2 is 1.72 bits per heavy atom. The maximum atomic E-state index is 13.0. The molecule has 2 aliphatic rings.